The van der Waals surface area contributed by atoms with Crippen LogP contribution >= 0.6 is 0 Å². The summed E-state index contributed by atoms with van der Waals surface area (Å²) in [6.07, 6.45) is 3.45. The molecular weight excluding hydrogens is 427 g/mol. The first-order chi connectivity index (χ1) is 15.1. The van der Waals surface area contributed by atoms with Gasteiger partial charge >= 0.3 is 0 Å². The van der Waals surface area contributed by atoms with Crippen molar-refractivity contribution in [2.75, 3.05) is 20.3 Å². The number of ether oxygens (including phenoxy) is 1. The minimum atomic E-state index is -1.61. The summed E-state index contributed by atoms with van der Waals surface area (Å²) in [5, 5.41) is 4.93. The Morgan fingerprint density at radius 3 is 2.12 bits per heavy atom. The summed E-state index contributed by atoms with van der Waals surface area (Å²) in [5.74, 6) is -5.53. The quantitative estimate of drug-likeness (QED) is 0.428. The average Bonchev–Trinajstić information content (AvgIpc) is 2.74. The molecule has 32 heavy (non-hydrogen) atoms. The fourth-order valence-electron chi connectivity index (χ4n) is 2.84. The number of aromatic nitrogens is 1. The van der Waals surface area contributed by atoms with Crippen molar-refractivity contribution in [3.8, 4) is 0 Å². The maximum atomic E-state index is 13.4. The van der Waals surface area contributed by atoms with Gasteiger partial charge < -0.3 is 19.9 Å². The molecule has 0 spiro atoms. The maximum absolute atomic E-state index is 13.4. The lowest BCUT2D eigenvalue weighted by atomic mass is 10.1. The Labute approximate surface area is 183 Å². The van der Waals surface area contributed by atoms with Crippen molar-refractivity contribution in [1.82, 2.24) is 15.2 Å². The fourth-order valence-corrected chi connectivity index (χ4v) is 2.84. The summed E-state index contributed by atoms with van der Waals surface area (Å²) in [6, 6.07) is 1.50. The Kier molecular flexibility index (Phi) is 9.01. The van der Waals surface area contributed by atoms with Gasteiger partial charge in [0.2, 0.25) is 5.43 Å². The standard InChI is InChI=1S/C22H26F3N3O4/c1-13(2)4-6-28-11-15(21(30)26-5-7-32-3)20(29)16(12-28)22(31)27-10-14-8-17(23)19(25)18(24)9-14/h8-9,11-13H,4-7,10H2,1-3H3,(H,26,30)(H,27,31). The summed E-state index contributed by atoms with van der Waals surface area (Å²) in [4.78, 5) is 37.9. The highest BCUT2D eigenvalue weighted by Crippen LogP contribution is 2.13. The second-order valence-electron chi connectivity index (χ2n) is 7.64. The lowest BCUT2D eigenvalue weighted by Crippen LogP contribution is -2.36. The zero-order valence-electron chi connectivity index (χ0n) is 18.1. The lowest BCUT2D eigenvalue weighted by Gasteiger charge is -2.14. The number of pyridine rings is 1. The maximum Gasteiger partial charge on any atom is 0.257 e. The SMILES string of the molecule is COCCNC(=O)c1cn(CCC(C)C)cc(C(=O)NCc2cc(F)c(F)c(F)c2)c1=O. The van der Waals surface area contributed by atoms with Crippen LogP contribution < -0.4 is 16.1 Å². The second kappa shape index (κ2) is 11.5. The number of hydrogen-bond acceptors (Lipinski definition) is 4. The molecule has 7 nitrogen and oxygen atoms in total. The van der Waals surface area contributed by atoms with Crippen LogP contribution in [0.25, 0.3) is 0 Å². The number of rotatable bonds is 10. The van der Waals surface area contributed by atoms with Gasteiger partial charge in [-0.25, -0.2) is 13.2 Å². The van der Waals surface area contributed by atoms with Gasteiger partial charge in [-0.1, -0.05) is 13.8 Å². The van der Waals surface area contributed by atoms with Crippen molar-refractivity contribution in [3.63, 3.8) is 0 Å². The zero-order chi connectivity index (χ0) is 23.8. The molecule has 2 rings (SSSR count). The van der Waals surface area contributed by atoms with Crippen molar-refractivity contribution in [2.45, 2.75) is 33.4 Å². The minimum absolute atomic E-state index is 0.0247. The van der Waals surface area contributed by atoms with E-state index in [0.717, 1.165) is 18.6 Å². The van der Waals surface area contributed by atoms with Crippen molar-refractivity contribution < 1.29 is 27.5 Å². The van der Waals surface area contributed by atoms with Crippen LogP contribution in [0, 0.1) is 23.4 Å². The van der Waals surface area contributed by atoms with Crippen LogP contribution in [-0.4, -0.2) is 36.6 Å². The second-order valence-corrected chi connectivity index (χ2v) is 7.64. The van der Waals surface area contributed by atoms with E-state index in [1.807, 2.05) is 13.8 Å². The molecule has 174 valence electrons. The molecule has 0 aliphatic heterocycles. The predicted octanol–water partition coefficient (Wildman–Crippen LogP) is 2.62. The van der Waals surface area contributed by atoms with E-state index in [9.17, 15) is 27.6 Å². The summed E-state index contributed by atoms with van der Waals surface area (Å²) in [5.41, 5.74) is -1.31. The van der Waals surface area contributed by atoms with Crippen molar-refractivity contribution in [3.05, 3.63) is 68.9 Å². The molecule has 0 unspecified atom stereocenters. The Morgan fingerprint density at radius 1 is 1.03 bits per heavy atom. The van der Waals surface area contributed by atoms with Crippen molar-refractivity contribution in [1.29, 1.82) is 0 Å². The monoisotopic (exact) mass is 453 g/mol. The van der Waals surface area contributed by atoms with Gasteiger partial charge in [-0.05, 0) is 30.0 Å². The number of hydrogen-bond donors (Lipinski definition) is 2. The van der Waals surface area contributed by atoms with Gasteiger partial charge in [0.1, 0.15) is 11.1 Å². The largest absolute Gasteiger partial charge is 0.383 e. The van der Waals surface area contributed by atoms with Crippen LogP contribution in [0.15, 0.2) is 29.3 Å². The van der Waals surface area contributed by atoms with Gasteiger partial charge in [0.05, 0.1) is 6.61 Å². The van der Waals surface area contributed by atoms with Crippen molar-refractivity contribution in [2.24, 2.45) is 5.92 Å². The molecule has 2 aromatic rings. The van der Waals surface area contributed by atoms with E-state index in [1.54, 1.807) is 4.57 Å². The minimum Gasteiger partial charge on any atom is -0.383 e. The topological polar surface area (TPSA) is 89.4 Å². The summed E-state index contributed by atoms with van der Waals surface area (Å²) in [6.45, 7) is 4.57. The third-order valence-corrected chi connectivity index (χ3v) is 4.62. The van der Waals surface area contributed by atoms with Crippen LogP contribution in [0.4, 0.5) is 13.2 Å². The number of nitrogens with one attached hydrogen (secondary N) is 2. The molecule has 0 atom stereocenters. The number of aryl methyl sites for hydroxylation is 1. The molecule has 0 fully saturated rings. The van der Waals surface area contributed by atoms with E-state index in [-0.39, 0.29) is 36.4 Å². The molecule has 0 saturated carbocycles. The molecule has 1 aromatic carbocycles. The molecule has 1 aromatic heterocycles. The first-order valence-electron chi connectivity index (χ1n) is 10.1. The number of benzene rings is 1. The molecule has 0 aliphatic carbocycles. The third kappa shape index (κ3) is 6.68. The normalized spacial score (nSPS) is 11.0. The van der Waals surface area contributed by atoms with Crippen LogP contribution in [0.1, 0.15) is 46.5 Å². The summed E-state index contributed by atoms with van der Waals surface area (Å²) >= 11 is 0. The van der Waals surface area contributed by atoms with Gasteiger partial charge in [0, 0.05) is 39.1 Å². The molecule has 1 heterocycles. The number of methoxy groups -OCH3 is 1. The predicted molar refractivity (Wildman–Crippen MR) is 112 cm³/mol. The Morgan fingerprint density at radius 2 is 1.59 bits per heavy atom. The van der Waals surface area contributed by atoms with Crippen LogP contribution in [-0.2, 0) is 17.8 Å². The molecular formula is C22H26F3N3O4. The Bertz CT molecular complexity index is 1010. The fraction of sp³-hybridized carbons (Fsp3) is 0.409. The van der Waals surface area contributed by atoms with E-state index < -0.39 is 34.7 Å². The van der Waals surface area contributed by atoms with E-state index in [4.69, 9.17) is 4.74 Å². The van der Waals surface area contributed by atoms with Crippen molar-refractivity contribution >= 4 is 11.8 Å². The number of halogens is 3. The molecule has 0 aliphatic rings. The Hall–Kier alpha value is -3.14. The van der Waals surface area contributed by atoms with E-state index in [2.05, 4.69) is 10.6 Å². The number of amides is 2. The van der Waals surface area contributed by atoms with Gasteiger partial charge in [-0.2, -0.15) is 0 Å². The molecule has 2 N–H and O–H groups in total. The highest BCUT2D eigenvalue weighted by Gasteiger charge is 2.20. The van der Waals surface area contributed by atoms with Gasteiger partial charge in [0.25, 0.3) is 11.8 Å². The first-order valence-corrected chi connectivity index (χ1v) is 10.1. The van der Waals surface area contributed by atoms with Crippen LogP contribution in [0.3, 0.4) is 0 Å². The van der Waals surface area contributed by atoms with Gasteiger partial charge in [-0.3, -0.25) is 14.4 Å². The zero-order valence-corrected chi connectivity index (χ0v) is 18.1. The molecule has 0 radical (unpaired) electrons. The number of nitrogens with zero attached hydrogens (tertiary/aromatic N) is 1. The third-order valence-electron chi connectivity index (χ3n) is 4.62. The Balaban J connectivity index is 2.29. The highest BCUT2D eigenvalue weighted by molar-refractivity contribution is 5.99. The molecule has 10 heteroatoms. The number of carbonyl (C=O) groups is 2. The number of carbonyl (C=O) groups excluding carboxylic acids is 2. The van der Waals surface area contributed by atoms with E-state index in [1.165, 1.54) is 19.5 Å². The lowest BCUT2D eigenvalue weighted by molar-refractivity contribution is 0.0935. The smallest absolute Gasteiger partial charge is 0.257 e. The average molecular weight is 453 g/mol. The molecule has 0 saturated heterocycles. The van der Waals surface area contributed by atoms with Gasteiger partial charge in [-0.15, -0.1) is 0 Å². The van der Waals surface area contributed by atoms with Crippen LogP contribution in [0.2, 0.25) is 0 Å². The van der Waals surface area contributed by atoms with Gasteiger partial charge in [0.15, 0.2) is 17.5 Å². The van der Waals surface area contributed by atoms with E-state index >= 15 is 0 Å². The van der Waals surface area contributed by atoms with E-state index in [0.29, 0.717) is 12.5 Å². The first kappa shape index (κ1) is 25.1. The highest BCUT2D eigenvalue weighted by atomic mass is 19.2. The summed E-state index contributed by atoms with van der Waals surface area (Å²) < 4.78 is 46.3. The van der Waals surface area contributed by atoms with Crippen LogP contribution in [0.5, 0.6) is 0 Å². The molecule has 0 bridgehead atoms. The molecule has 2 amide bonds. The summed E-state index contributed by atoms with van der Waals surface area (Å²) in [7, 11) is 1.47.